The summed E-state index contributed by atoms with van der Waals surface area (Å²) in [6, 6.07) is 95.2. The minimum Gasteiger partial charge on any atom is -0.456 e. The quantitative estimate of drug-likeness (QED) is 0.161. The summed E-state index contributed by atoms with van der Waals surface area (Å²) in [5.74, 6) is 0.383. The van der Waals surface area contributed by atoms with Crippen LogP contribution in [0.5, 0.6) is 0 Å². The molecule has 4 nitrogen and oxygen atoms in total. The number of furan rings is 4. The Kier molecular flexibility index (Phi) is 10.6. The lowest BCUT2D eigenvalue weighted by atomic mass is 9.79. The molecule has 4 aromatic heterocycles. The van der Waals surface area contributed by atoms with Gasteiger partial charge in [0.05, 0.1) is 0 Å². The average molecular weight is 1220 g/mol. The highest BCUT2D eigenvalue weighted by molar-refractivity contribution is 6.35. The van der Waals surface area contributed by atoms with Crippen molar-refractivity contribution in [3.8, 4) is 44.5 Å². The van der Waals surface area contributed by atoms with E-state index in [-0.39, 0.29) is 0 Å². The first-order valence-electron chi connectivity index (χ1n) is 33.2. The standard InChI is InChI=1S/C92H52O4/c1-3-17-53-45-57(31-29-51(53)15-1)83-61-19-5-9-23-65(61)85(66-24-10-6-20-62(66)83)59-36-43-79-76(48-59)71-41-40-69-70(90(71)94-79)42-44-80-87(69)74-38-34-56(49-81(74)93-80)55-33-37-72-77(47-55)92-89(88-73-27-13-14-28-78(73)95-91(72)88)75-39-35-60(50-82(75)96-92)86-67-25-11-7-21-63(67)84(64-22-8-12-26-68(64)86)58-32-30-52-16-2-4-18-54(52)46-58/h1-44,46-50,53H,45H2. The maximum absolute atomic E-state index is 7.32. The van der Waals surface area contributed by atoms with Gasteiger partial charge in [0.2, 0.25) is 0 Å². The number of hydrogen-bond acceptors (Lipinski definition) is 4. The Morgan fingerprint density at radius 1 is 0.250 bits per heavy atom. The van der Waals surface area contributed by atoms with Crippen LogP contribution in [-0.4, -0.2) is 0 Å². The summed E-state index contributed by atoms with van der Waals surface area (Å²) in [5.41, 5.74) is 20.0. The number of allylic oxidation sites excluding steroid dienone is 8. The molecule has 0 amide bonds. The van der Waals surface area contributed by atoms with Gasteiger partial charge in [0.25, 0.3) is 0 Å². The van der Waals surface area contributed by atoms with E-state index in [2.05, 4.69) is 291 Å². The van der Waals surface area contributed by atoms with Gasteiger partial charge < -0.3 is 17.7 Å². The molecular weight excluding hydrogens is 1170 g/mol. The lowest BCUT2D eigenvalue weighted by molar-refractivity contribution is 0.668. The molecule has 22 rings (SSSR count). The Labute approximate surface area is 548 Å². The van der Waals surface area contributed by atoms with Crippen LogP contribution in [-0.2, 0) is 0 Å². The molecule has 0 bridgehead atoms. The van der Waals surface area contributed by atoms with Gasteiger partial charge in [-0.3, -0.25) is 0 Å². The SMILES string of the molecule is C1=CC2=CC=C(c3c4ccccc4c(-c4ccc5oc6c(ccc7c6ccc6oc8cc(-c9ccc%10c(c9)c9oc%11cc(-c%12c%13ccccc%13c(-c%13ccc%14ccccc%14c%13)c%13ccccc%12%13)ccc%11c9c9c%11ccccc%11oc%109)ccc8c67)c5c4)c4ccccc34)CC2C=C1. The van der Waals surface area contributed by atoms with Crippen molar-refractivity contribution in [1.82, 2.24) is 0 Å². The minimum atomic E-state index is 0.383. The third kappa shape index (κ3) is 7.33. The fourth-order valence-corrected chi connectivity index (χ4v) is 17.1. The lowest BCUT2D eigenvalue weighted by Crippen LogP contribution is -2.07. The summed E-state index contributed by atoms with van der Waals surface area (Å²) in [6.07, 6.45) is 14.6. The van der Waals surface area contributed by atoms with Crippen LogP contribution >= 0.6 is 0 Å². The molecule has 444 valence electrons. The van der Waals surface area contributed by atoms with Crippen molar-refractivity contribution in [2.75, 3.05) is 0 Å². The van der Waals surface area contributed by atoms with E-state index in [0.29, 0.717) is 5.92 Å². The Bertz CT molecular complexity index is 6930. The molecule has 0 saturated heterocycles. The topological polar surface area (TPSA) is 52.6 Å². The highest BCUT2D eigenvalue weighted by Gasteiger charge is 2.27. The maximum Gasteiger partial charge on any atom is 0.144 e. The first-order chi connectivity index (χ1) is 47.6. The second-order valence-corrected chi connectivity index (χ2v) is 26.3. The van der Waals surface area contributed by atoms with Gasteiger partial charge >= 0.3 is 0 Å². The summed E-state index contributed by atoms with van der Waals surface area (Å²) in [5, 5.41) is 25.0. The van der Waals surface area contributed by atoms with Gasteiger partial charge in [-0.2, -0.15) is 0 Å². The van der Waals surface area contributed by atoms with Gasteiger partial charge in [-0.05, 0) is 206 Å². The van der Waals surface area contributed by atoms with E-state index in [9.17, 15) is 0 Å². The van der Waals surface area contributed by atoms with E-state index in [1.54, 1.807) is 0 Å². The second-order valence-electron chi connectivity index (χ2n) is 26.3. The Hall–Kier alpha value is -12.5. The number of benzene rings is 16. The minimum absolute atomic E-state index is 0.383. The molecule has 96 heavy (non-hydrogen) atoms. The third-order valence-corrected chi connectivity index (χ3v) is 21.3. The van der Waals surface area contributed by atoms with Crippen molar-refractivity contribution < 1.29 is 17.7 Å². The summed E-state index contributed by atoms with van der Waals surface area (Å²) < 4.78 is 28.0. The first kappa shape index (κ1) is 52.0. The van der Waals surface area contributed by atoms with E-state index >= 15 is 0 Å². The molecule has 0 spiro atoms. The van der Waals surface area contributed by atoms with Crippen molar-refractivity contribution in [3.05, 3.63) is 308 Å². The molecule has 0 fully saturated rings. The highest BCUT2D eigenvalue weighted by Crippen LogP contribution is 2.52. The number of para-hydroxylation sites is 1. The van der Waals surface area contributed by atoms with Gasteiger partial charge in [-0.15, -0.1) is 0 Å². The zero-order chi connectivity index (χ0) is 62.4. The van der Waals surface area contributed by atoms with Gasteiger partial charge in [-0.1, -0.05) is 218 Å². The zero-order valence-electron chi connectivity index (χ0n) is 51.7. The lowest BCUT2D eigenvalue weighted by Gasteiger charge is -2.25. The van der Waals surface area contributed by atoms with Gasteiger partial charge in [0.1, 0.15) is 44.7 Å². The molecule has 0 saturated carbocycles. The Morgan fingerprint density at radius 3 is 1.41 bits per heavy atom. The van der Waals surface area contributed by atoms with Gasteiger partial charge in [0.15, 0.2) is 0 Å². The third-order valence-electron chi connectivity index (χ3n) is 21.3. The van der Waals surface area contributed by atoms with Crippen LogP contribution in [0.3, 0.4) is 0 Å². The summed E-state index contributed by atoms with van der Waals surface area (Å²) in [6.45, 7) is 0. The average Bonchev–Trinajstić information content (AvgIpc) is 1.34. The highest BCUT2D eigenvalue weighted by atomic mass is 16.3. The predicted molar refractivity (Wildman–Crippen MR) is 402 cm³/mol. The van der Waals surface area contributed by atoms with Crippen LogP contribution < -0.4 is 0 Å². The molecule has 1 atom stereocenters. The number of fused-ring (bicyclic) bond motifs is 25. The molecule has 0 N–H and O–H groups in total. The zero-order valence-corrected chi connectivity index (χ0v) is 51.7. The van der Waals surface area contributed by atoms with E-state index < -0.39 is 0 Å². The van der Waals surface area contributed by atoms with Crippen LogP contribution in [0.25, 0.3) is 213 Å². The van der Waals surface area contributed by atoms with Crippen molar-refractivity contribution in [2.45, 2.75) is 6.42 Å². The van der Waals surface area contributed by atoms with Crippen LogP contribution in [0.4, 0.5) is 0 Å². The number of rotatable bonds is 5. The molecule has 4 heteroatoms. The number of hydrogen-bond donors (Lipinski definition) is 0. The second kappa shape index (κ2) is 19.5. The fraction of sp³-hybridized carbons (Fsp3) is 0.0217. The van der Waals surface area contributed by atoms with Crippen LogP contribution in [0.1, 0.15) is 12.0 Å². The van der Waals surface area contributed by atoms with E-state index in [4.69, 9.17) is 17.7 Å². The van der Waals surface area contributed by atoms with Crippen molar-refractivity contribution >= 4 is 169 Å². The van der Waals surface area contributed by atoms with Gasteiger partial charge in [-0.25, -0.2) is 0 Å². The molecule has 4 heterocycles. The Morgan fingerprint density at radius 2 is 0.688 bits per heavy atom. The summed E-state index contributed by atoms with van der Waals surface area (Å²) >= 11 is 0. The van der Waals surface area contributed by atoms with Crippen molar-refractivity contribution in [2.24, 2.45) is 5.92 Å². The molecule has 16 aromatic carbocycles. The molecule has 20 aromatic rings. The molecule has 1 unspecified atom stereocenters. The monoisotopic (exact) mass is 1220 g/mol. The Balaban J connectivity index is 0.667. The summed E-state index contributed by atoms with van der Waals surface area (Å²) in [7, 11) is 0. The van der Waals surface area contributed by atoms with Crippen molar-refractivity contribution in [1.29, 1.82) is 0 Å². The molecular formula is C92H52O4. The maximum atomic E-state index is 7.32. The van der Waals surface area contributed by atoms with Crippen LogP contribution in [0, 0.1) is 5.92 Å². The normalized spacial score (nSPS) is 14.4. The van der Waals surface area contributed by atoms with E-state index in [0.717, 1.165) is 132 Å². The van der Waals surface area contributed by atoms with E-state index in [1.165, 1.54) is 98.4 Å². The molecule has 0 aliphatic heterocycles. The van der Waals surface area contributed by atoms with Crippen LogP contribution in [0.15, 0.2) is 321 Å². The largest absolute Gasteiger partial charge is 0.456 e. The smallest absolute Gasteiger partial charge is 0.144 e. The summed E-state index contributed by atoms with van der Waals surface area (Å²) in [4.78, 5) is 0. The predicted octanol–water partition coefficient (Wildman–Crippen LogP) is 26.5. The first-order valence-corrected chi connectivity index (χ1v) is 33.2. The van der Waals surface area contributed by atoms with Crippen molar-refractivity contribution in [3.63, 3.8) is 0 Å². The van der Waals surface area contributed by atoms with Crippen LogP contribution in [0.2, 0.25) is 0 Å². The van der Waals surface area contributed by atoms with Gasteiger partial charge in [0, 0.05) is 65.2 Å². The molecule has 0 radical (unpaired) electrons. The fourth-order valence-electron chi connectivity index (χ4n) is 17.1. The molecule has 2 aliphatic rings. The van der Waals surface area contributed by atoms with E-state index in [1.807, 2.05) is 6.07 Å². The molecule has 2 aliphatic carbocycles.